The molecular formula is C6H5ClF2. The van der Waals surface area contributed by atoms with Crippen molar-refractivity contribution in [1.82, 2.24) is 0 Å². The number of rotatable bonds is 2. The van der Waals surface area contributed by atoms with Gasteiger partial charge >= 0.3 is 0 Å². The Morgan fingerprint density at radius 1 is 1.33 bits per heavy atom. The van der Waals surface area contributed by atoms with Crippen LogP contribution < -0.4 is 0 Å². The van der Waals surface area contributed by atoms with Gasteiger partial charge in [-0.2, -0.15) is 0 Å². The first-order valence-electron chi connectivity index (χ1n) is 2.10. The highest BCUT2D eigenvalue weighted by Crippen LogP contribution is 2.15. The van der Waals surface area contributed by atoms with E-state index in [0.29, 0.717) is 6.08 Å². The Balaban J connectivity index is 4.17. The second-order valence-corrected chi connectivity index (χ2v) is 1.80. The maximum absolute atomic E-state index is 12.1. The molecule has 0 aliphatic rings. The minimum atomic E-state index is -0.899. The topological polar surface area (TPSA) is 0 Å². The van der Waals surface area contributed by atoms with Crippen LogP contribution in [0.5, 0.6) is 0 Å². The second-order valence-electron chi connectivity index (χ2n) is 1.34. The molecule has 50 valence electrons. The van der Waals surface area contributed by atoms with Crippen molar-refractivity contribution in [2.45, 2.75) is 0 Å². The number of halogens is 3. The molecule has 9 heavy (non-hydrogen) atoms. The van der Waals surface area contributed by atoms with Crippen molar-refractivity contribution in [3.8, 4) is 0 Å². The van der Waals surface area contributed by atoms with Gasteiger partial charge in [0.2, 0.25) is 0 Å². The normalized spacial score (nSPS) is 11.2. The molecule has 0 bridgehead atoms. The van der Waals surface area contributed by atoms with Gasteiger partial charge in [0, 0.05) is 6.08 Å². The Labute approximate surface area is 57.1 Å². The van der Waals surface area contributed by atoms with Gasteiger partial charge in [0.15, 0.2) is 0 Å². The molecule has 0 radical (unpaired) electrons. The third-order valence-electron chi connectivity index (χ3n) is 0.542. The molecule has 0 spiro atoms. The van der Waals surface area contributed by atoms with Crippen molar-refractivity contribution < 1.29 is 8.78 Å². The summed E-state index contributed by atoms with van der Waals surface area (Å²) in [5.41, 5.74) is 0. The molecule has 0 atom stereocenters. The average Bonchev–Trinajstić information content (AvgIpc) is 1.63. The van der Waals surface area contributed by atoms with Gasteiger partial charge < -0.3 is 0 Å². The Morgan fingerprint density at radius 2 is 1.78 bits per heavy atom. The van der Waals surface area contributed by atoms with Gasteiger partial charge in [-0.25, -0.2) is 8.78 Å². The summed E-state index contributed by atoms with van der Waals surface area (Å²) in [5.74, 6) is -1.78. The second kappa shape index (κ2) is 3.41. The third-order valence-corrected chi connectivity index (χ3v) is 0.723. The van der Waals surface area contributed by atoms with Gasteiger partial charge in [0.1, 0.15) is 11.7 Å². The molecule has 0 saturated heterocycles. The fourth-order valence-corrected chi connectivity index (χ4v) is 0.270. The van der Waals surface area contributed by atoms with Crippen LogP contribution >= 0.6 is 11.6 Å². The lowest BCUT2D eigenvalue weighted by Crippen LogP contribution is -1.70. The molecule has 0 aliphatic heterocycles. The minimum Gasteiger partial charge on any atom is -0.208 e. The molecule has 0 amide bonds. The van der Waals surface area contributed by atoms with Gasteiger partial charge in [0.25, 0.3) is 0 Å². The SMILES string of the molecule is C=C(F)C=C(F)C(=C)Cl. The lowest BCUT2D eigenvalue weighted by Gasteiger charge is -1.87. The quantitative estimate of drug-likeness (QED) is 0.531. The minimum absolute atomic E-state index is 0.325. The third kappa shape index (κ3) is 3.91. The molecule has 0 N–H and O–H groups in total. The van der Waals surface area contributed by atoms with Crippen LogP contribution in [0.2, 0.25) is 0 Å². The fraction of sp³-hybridized carbons (Fsp3) is 0. The summed E-state index contributed by atoms with van der Waals surface area (Å²) in [7, 11) is 0. The highest BCUT2D eigenvalue weighted by atomic mass is 35.5. The number of hydrogen-bond acceptors (Lipinski definition) is 0. The lowest BCUT2D eigenvalue weighted by molar-refractivity contribution is 0.631. The number of hydrogen-bond donors (Lipinski definition) is 0. The van der Waals surface area contributed by atoms with Gasteiger partial charge in [-0.3, -0.25) is 0 Å². The molecule has 0 unspecified atom stereocenters. The standard InChI is InChI=1S/C6H5ClF2/c1-4(8)3-6(9)5(2)7/h3H,1-2H2. The zero-order valence-corrected chi connectivity index (χ0v) is 5.38. The van der Waals surface area contributed by atoms with E-state index in [1.165, 1.54) is 0 Å². The van der Waals surface area contributed by atoms with Crippen LogP contribution in [0.1, 0.15) is 0 Å². The fourth-order valence-electron chi connectivity index (χ4n) is 0.216. The van der Waals surface area contributed by atoms with Crippen LogP contribution in [0.3, 0.4) is 0 Å². The molecule has 0 aromatic carbocycles. The Hall–Kier alpha value is -0.630. The van der Waals surface area contributed by atoms with Crippen LogP contribution in [0.25, 0.3) is 0 Å². The molecule has 0 aromatic rings. The largest absolute Gasteiger partial charge is 0.208 e. The summed E-state index contributed by atoms with van der Waals surface area (Å²) in [5, 5.41) is -0.325. The van der Waals surface area contributed by atoms with Crippen molar-refractivity contribution in [3.05, 3.63) is 35.9 Å². The van der Waals surface area contributed by atoms with Crippen molar-refractivity contribution in [3.63, 3.8) is 0 Å². The molecule has 0 aromatic heterocycles. The van der Waals surface area contributed by atoms with E-state index >= 15 is 0 Å². The lowest BCUT2D eigenvalue weighted by atomic mass is 10.4. The zero-order chi connectivity index (χ0) is 7.44. The van der Waals surface area contributed by atoms with Crippen molar-refractivity contribution in [2.75, 3.05) is 0 Å². The van der Waals surface area contributed by atoms with E-state index in [-0.39, 0.29) is 5.03 Å². The van der Waals surface area contributed by atoms with Gasteiger partial charge in [0.05, 0.1) is 5.03 Å². The molecule has 0 rings (SSSR count). The van der Waals surface area contributed by atoms with E-state index in [9.17, 15) is 8.78 Å². The monoisotopic (exact) mass is 150 g/mol. The first-order valence-corrected chi connectivity index (χ1v) is 2.48. The zero-order valence-electron chi connectivity index (χ0n) is 4.63. The summed E-state index contributed by atoms with van der Waals surface area (Å²) in [4.78, 5) is 0. The first-order chi connectivity index (χ1) is 4.04. The molecule has 0 nitrogen and oxygen atoms in total. The van der Waals surface area contributed by atoms with E-state index in [1.807, 2.05) is 0 Å². The Bertz CT molecular complexity index is 170. The van der Waals surface area contributed by atoms with Crippen LogP contribution in [0.4, 0.5) is 8.78 Å². The average molecular weight is 151 g/mol. The first kappa shape index (κ1) is 8.37. The molecule has 0 saturated carbocycles. The van der Waals surface area contributed by atoms with Crippen LogP contribution in [-0.4, -0.2) is 0 Å². The molecule has 3 heteroatoms. The summed E-state index contributed by atoms with van der Waals surface area (Å²) < 4.78 is 23.8. The molecule has 0 heterocycles. The highest BCUT2D eigenvalue weighted by molar-refractivity contribution is 6.31. The Kier molecular flexibility index (Phi) is 3.17. The van der Waals surface area contributed by atoms with Crippen LogP contribution in [0, 0.1) is 0 Å². The summed E-state index contributed by atoms with van der Waals surface area (Å²) in [6.45, 7) is 5.82. The van der Waals surface area contributed by atoms with Crippen LogP contribution in [0.15, 0.2) is 35.9 Å². The van der Waals surface area contributed by atoms with Gasteiger partial charge in [-0.15, -0.1) is 0 Å². The van der Waals surface area contributed by atoms with Crippen molar-refractivity contribution in [2.24, 2.45) is 0 Å². The summed E-state index contributed by atoms with van der Waals surface area (Å²) in [6, 6.07) is 0. The van der Waals surface area contributed by atoms with E-state index in [0.717, 1.165) is 0 Å². The van der Waals surface area contributed by atoms with Gasteiger partial charge in [-0.1, -0.05) is 24.8 Å². The van der Waals surface area contributed by atoms with Crippen molar-refractivity contribution >= 4 is 11.6 Å². The van der Waals surface area contributed by atoms with E-state index in [4.69, 9.17) is 11.6 Å². The summed E-state index contributed by atoms with van der Waals surface area (Å²) >= 11 is 5.03. The maximum atomic E-state index is 12.1. The van der Waals surface area contributed by atoms with Crippen molar-refractivity contribution in [1.29, 1.82) is 0 Å². The predicted octanol–water partition coefficient (Wildman–Crippen LogP) is 3.08. The maximum Gasteiger partial charge on any atom is 0.144 e. The smallest absolute Gasteiger partial charge is 0.144 e. The Morgan fingerprint density at radius 3 is 1.89 bits per heavy atom. The summed E-state index contributed by atoms with van der Waals surface area (Å²) in [6.07, 6.45) is 0.565. The van der Waals surface area contributed by atoms with E-state index < -0.39 is 11.7 Å². The van der Waals surface area contributed by atoms with Gasteiger partial charge in [-0.05, 0) is 0 Å². The number of allylic oxidation sites excluding steroid dienone is 4. The molecule has 0 fully saturated rings. The van der Waals surface area contributed by atoms with Crippen LogP contribution in [-0.2, 0) is 0 Å². The molecular weight excluding hydrogens is 146 g/mol. The predicted molar refractivity (Wildman–Crippen MR) is 34.4 cm³/mol. The highest BCUT2D eigenvalue weighted by Gasteiger charge is 1.96. The van der Waals surface area contributed by atoms with E-state index in [2.05, 4.69) is 13.2 Å². The molecule has 0 aliphatic carbocycles. The van der Waals surface area contributed by atoms with E-state index in [1.54, 1.807) is 0 Å².